The van der Waals surface area contributed by atoms with Crippen molar-refractivity contribution in [3.63, 3.8) is 0 Å². The first kappa shape index (κ1) is 16.1. The molecule has 0 amide bonds. The molecule has 2 rings (SSSR count). The van der Waals surface area contributed by atoms with Crippen molar-refractivity contribution in [3.05, 3.63) is 64.2 Å². The molecule has 0 aromatic heterocycles. The lowest BCUT2D eigenvalue weighted by Gasteiger charge is -2.17. The molecule has 1 unspecified atom stereocenters. The number of aryl methyl sites for hydroxylation is 4. The summed E-state index contributed by atoms with van der Waals surface area (Å²) in [4.78, 5) is 0.403. The quantitative estimate of drug-likeness (QED) is 0.632. The Balaban J connectivity index is 2.06. The van der Waals surface area contributed by atoms with Crippen molar-refractivity contribution in [1.29, 1.82) is 0 Å². The van der Waals surface area contributed by atoms with E-state index in [1.807, 2.05) is 12.1 Å². The standard InChI is InChI=1S/C19H23BrO/c1-13-11-14(2)19(15(3)12-13)18(20)10-7-16-5-8-17(21-4)9-6-16/h5-6,8-9,11-12,18H,7,10H2,1-4H3. The highest BCUT2D eigenvalue weighted by atomic mass is 79.9. The second-order valence-electron chi connectivity index (χ2n) is 5.67. The molecule has 0 fully saturated rings. The molecule has 0 saturated carbocycles. The molecule has 0 bridgehead atoms. The van der Waals surface area contributed by atoms with E-state index in [-0.39, 0.29) is 0 Å². The third kappa shape index (κ3) is 4.10. The lowest BCUT2D eigenvalue weighted by Crippen LogP contribution is -2.00. The molecule has 0 aliphatic carbocycles. The van der Waals surface area contributed by atoms with E-state index >= 15 is 0 Å². The van der Waals surface area contributed by atoms with Crippen LogP contribution in [-0.2, 0) is 6.42 Å². The maximum Gasteiger partial charge on any atom is 0.118 e. The highest BCUT2D eigenvalue weighted by Gasteiger charge is 2.13. The third-order valence-electron chi connectivity index (χ3n) is 3.90. The van der Waals surface area contributed by atoms with Crippen LogP contribution in [-0.4, -0.2) is 7.11 Å². The monoisotopic (exact) mass is 346 g/mol. The molecule has 2 aromatic rings. The molecular weight excluding hydrogens is 324 g/mol. The van der Waals surface area contributed by atoms with Crippen molar-refractivity contribution >= 4 is 15.9 Å². The van der Waals surface area contributed by atoms with Gasteiger partial charge in [0.2, 0.25) is 0 Å². The Kier molecular flexibility index (Phi) is 5.46. The van der Waals surface area contributed by atoms with Crippen LogP contribution in [0.25, 0.3) is 0 Å². The van der Waals surface area contributed by atoms with Crippen LogP contribution >= 0.6 is 15.9 Å². The zero-order valence-electron chi connectivity index (χ0n) is 13.2. The molecule has 21 heavy (non-hydrogen) atoms. The summed E-state index contributed by atoms with van der Waals surface area (Å²) in [6.07, 6.45) is 2.16. The molecule has 0 spiro atoms. The number of rotatable bonds is 5. The smallest absolute Gasteiger partial charge is 0.118 e. The van der Waals surface area contributed by atoms with E-state index in [4.69, 9.17) is 4.74 Å². The number of benzene rings is 2. The molecule has 0 heterocycles. The Morgan fingerprint density at radius 1 is 1.00 bits per heavy atom. The average molecular weight is 347 g/mol. The number of alkyl halides is 1. The van der Waals surface area contributed by atoms with Crippen molar-refractivity contribution in [2.45, 2.75) is 38.4 Å². The van der Waals surface area contributed by atoms with E-state index in [9.17, 15) is 0 Å². The molecule has 112 valence electrons. The summed E-state index contributed by atoms with van der Waals surface area (Å²) >= 11 is 3.87. The number of hydrogen-bond donors (Lipinski definition) is 0. The van der Waals surface area contributed by atoms with E-state index in [1.54, 1.807) is 7.11 Å². The first-order valence-corrected chi connectivity index (χ1v) is 8.27. The fourth-order valence-corrected chi connectivity index (χ4v) is 3.87. The van der Waals surface area contributed by atoms with Crippen molar-refractivity contribution < 1.29 is 4.74 Å². The molecular formula is C19H23BrO. The largest absolute Gasteiger partial charge is 0.497 e. The predicted octanol–water partition coefficient (Wildman–Crippen LogP) is 5.69. The van der Waals surface area contributed by atoms with Gasteiger partial charge < -0.3 is 4.74 Å². The normalized spacial score (nSPS) is 12.2. The summed E-state index contributed by atoms with van der Waals surface area (Å²) < 4.78 is 5.20. The fraction of sp³-hybridized carbons (Fsp3) is 0.368. The molecule has 1 nitrogen and oxygen atoms in total. The van der Waals surface area contributed by atoms with Gasteiger partial charge in [0, 0.05) is 4.83 Å². The minimum absolute atomic E-state index is 0.403. The molecule has 0 N–H and O–H groups in total. The van der Waals surface area contributed by atoms with Gasteiger partial charge in [-0.1, -0.05) is 45.8 Å². The Morgan fingerprint density at radius 2 is 1.57 bits per heavy atom. The van der Waals surface area contributed by atoms with Crippen LogP contribution in [0.3, 0.4) is 0 Å². The SMILES string of the molecule is COc1ccc(CCC(Br)c2c(C)cc(C)cc2C)cc1. The van der Waals surface area contributed by atoms with Gasteiger partial charge in [0.25, 0.3) is 0 Å². The fourth-order valence-electron chi connectivity index (χ4n) is 2.92. The van der Waals surface area contributed by atoms with Crippen molar-refractivity contribution in [3.8, 4) is 5.75 Å². The van der Waals surface area contributed by atoms with Crippen molar-refractivity contribution in [2.24, 2.45) is 0 Å². The summed E-state index contributed by atoms with van der Waals surface area (Å²) in [7, 11) is 1.70. The lowest BCUT2D eigenvalue weighted by atomic mass is 9.94. The maximum atomic E-state index is 5.20. The van der Waals surface area contributed by atoms with E-state index in [1.165, 1.54) is 27.8 Å². The van der Waals surface area contributed by atoms with Gasteiger partial charge in [-0.05, 0) is 68.0 Å². The zero-order chi connectivity index (χ0) is 15.4. The molecule has 1 atom stereocenters. The van der Waals surface area contributed by atoms with E-state index in [0.29, 0.717) is 4.83 Å². The van der Waals surface area contributed by atoms with Gasteiger partial charge in [-0.3, -0.25) is 0 Å². The number of halogens is 1. The van der Waals surface area contributed by atoms with Gasteiger partial charge in [0.05, 0.1) is 7.11 Å². The molecule has 0 aliphatic heterocycles. The van der Waals surface area contributed by atoms with E-state index in [0.717, 1.165) is 18.6 Å². The Labute approximate surface area is 136 Å². The Hall–Kier alpha value is -1.28. The van der Waals surface area contributed by atoms with Crippen molar-refractivity contribution in [2.75, 3.05) is 7.11 Å². The van der Waals surface area contributed by atoms with Crippen LogP contribution in [0.2, 0.25) is 0 Å². The Morgan fingerprint density at radius 3 is 2.10 bits per heavy atom. The van der Waals surface area contributed by atoms with Gasteiger partial charge in [0.15, 0.2) is 0 Å². The lowest BCUT2D eigenvalue weighted by molar-refractivity contribution is 0.414. The summed E-state index contributed by atoms with van der Waals surface area (Å²) in [5.41, 5.74) is 6.88. The molecule has 0 saturated heterocycles. The van der Waals surface area contributed by atoms with Crippen molar-refractivity contribution in [1.82, 2.24) is 0 Å². The van der Waals surface area contributed by atoms with Crippen LogP contribution in [0.1, 0.15) is 39.1 Å². The number of hydrogen-bond acceptors (Lipinski definition) is 1. The number of ether oxygens (including phenoxy) is 1. The van der Waals surface area contributed by atoms with Gasteiger partial charge in [0.1, 0.15) is 5.75 Å². The van der Waals surface area contributed by atoms with Crippen LogP contribution in [0, 0.1) is 20.8 Å². The van der Waals surface area contributed by atoms with Gasteiger partial charge >= 0.3 is 0 Å². The molecule has 2 heteroatoms. The van der Waals surface area contributed by atoms with Crippen LogP contribution in [0.5, 0.6) is 5.75 Å². The van der Waals surface area contributed by atoms with Gasteiger partial charge in [-0.25, -0.2) is 0 Å². The van der Waals surface area contributed by atoms with Gasteiger partial charge in [-0.2, -0.15) is 0 Å². The maximum absolute atomic E-state index is 5.20. The molecule has 2 aromatic carbocycles. The summed E-state index contributed by atoms with van der Waals surface area (Å²) in [5.74, 6) is 0.916. The molecule has 0 radical (unpaired) electrons. The first-order chi connectivity index (χ1) is 10.0. The topological polar surface area (TPSA) is 9.23 Å². The van der Waals surface area contributed by atoms with Gasteiger partial charge in [-0.15, -0.1) is 0 Å². The van der Waals surface area contributed by atoms with E-state index in [2.05, 4.69) is 61.0 Å². The minimum Gasteiger partial charge on any atom is -0.497 e. The number of methoxy groups -OCH3 is 1. The second kappa shape index (κ2) is 7.13. The summed E-state index contributed by atoms with van der Waals surface area (Å²) in [6, 6.07) is 12.9. The van der Waals surface area contributed by atoms with Crippen LogP contribution in [0.4, 0.5) is 0 Å². The average Bonchev–Trinajstić information content (AvgIpc) is 2.44. The predicted molar refractivity (Wildman–Crippen MR) is 93.6 cm³/mol. The molecule has 0 aliphatic rings. The summed E-state index contributed by atoms with van der Waals surface area (Å²) in [6.45, 7) is 6.57. The van der Waals surface area contributed by atoms with Crippen LogP contribution in [0.15, 0.2) is 36.4 Å². The highest BCUT2D eigenvalue weighted by molar-refractivity contribution is 9.09. The zero-order valence-corrected chi connectivity index (χ0v) is 14.8. The van der Waals surface area contributed by atoms with E-state index < -0.39 is 0 Å². The second-order valence-corrected chi connectivity index (χ2v) is 6.77. The highest BCUT2D eigenvalue weighted by Crippen LogP contribution is 2.33. The minimum atomic E-state index is 0.403. The first-order valence-electron chi connectivity index (χ1n) is 7.36. The Bertz CT molecular complexity index is 578. The van der Waals surface area contributed by atoms with Crippen LogP contribution < -0.4 is 4.74 Å². The third-order valence-corrected chi connectivity index (χ3v) is 4.81. The summed E-state index contributed by atoms with van der Waals surface area (Å²) in [5, 5.41) is 0.